The number of imidazole rings is 1. The number of aryl methyl sites for hydroxylation is 1. The van der Waals surface area contributed by atoms with Crippen LogP contribution in [0.3, 0.4) is 0 Å². The highest BCUT2D eigenvalue weighted by Crippen LogP contribution is 2.32. The summed E-state index contributed by atoms with van der Waals surface area (Å²) in [4.78, 5) is 27.4. The minimum atomic E-state index is -1.04. The van der Waals surface area contributed by atoms with Gasteiger partial charge in [0.25, 0.3) is 0 Å². The Labute approximate surface area is 178 Å². The van der Waals surface area contributed by atoms with E-state index in [1.54, 1.807) is 18.6 Å². The Kier molecular flexibility index (Phi) is 4.55. The zero-order valence-corrected chi connectivity index (χ0v) is 16.7. The van der Waals surface area contributed by atoms with Gasteiger partial charge in [0, 0.05) is 29.2 Å². The molecule has 3 aromatic rings. The van der Waals surface area contributed by atoms with Gasteiger partial charge in [-0.2, -0.15) is 0 Å². The molecule has 7 nitrogen and oxygen atoms in total. The number of carboxylic acids is 1. The molecule has 0 bridgehead atoms. The Hall–Kier alpha value is -4.26. The Morgan fingerprint density at radius 2 is 2.00 bits per heavy atom. The van der Waals surface area contributed by atoms with E-state index in [1.165, 1.54) is 6.07 Å². The summed E-state index contributed by atoms with van der Waals surface area (Å²) in [7, 11) is 0. The van der Waals surface area contributed by atoms with Gasteiger partial charge < -0.3 is 15.4 Å². The van der Waals surface area contributed by atoms with E-state index in [2.05, 4.69) is 49.6 Å². The van der Waals surface area contributed by atoms with Crippen LogP contribution >= 0.6 is 0 Å². The van der Waals surface area contributed by atoms with Crippen LogP contribution in [0.2, 0.25) is 0 Å². The molecule has 0 fully saturated rings. The van der Waals surface area contributed by atoms with Crippen molar-refractivity contribution >= 4 is 17.1 Å². The Balaban J connectivity index is 1.48. The second-order valence-electron chi connectivity index (χ2n) is 7.37. The summed E-state index contributed by atoms with van der Waals surface area (Å²) in [6.07, 6.45) is 13.5. The van der Waals surface area contributed by atoms with Crippen molar-refractivity contribution in [3.8, 4) is 11.4 Å². The number of allylic oxidation sites excluding steroid dienone is 4. The highest BCUT2D eigenvalue weighted by molar-refractivity contribution is 5.87. The van der Waals surface area contributed by atoms with Gasteiger partial charge in [0.1, 0.15) is 5.69 Å². The van der Waals surface area contributed by atoms with E-state index in [9.17, 15) is 4.79 Å². The summed E-state index contributed by atoms with van der Waals surface area (Å²) in [6, 6.07) is 9.26. The smallest absolute Gasteiger partial charge is 0.354 e. The topological polar surface area (TPSA) is 104 Å². The van der Waals surface area contributed by atoms with Gasteiger partial charge in [0.2, 0.25) is 0 Å². The van der Waals surface area contributed by atoms with Crippen molar-refractivity contribution in [3.05, 3.63) is 102 Å². The average Bonchev–Trinajstić information content (AvgIpc) is 3.28. The van der Waals surface area contributed by atoms with Crippen LogP contribution in [0, 0.1) is 6.92 Å². The van der Waals surface area contributed by atoms with Gasteiger partial charge in [-0.3, -0.25) is 4.98 Å². The van der Waals surface area contributed by atoms with Gasteiger partial charge in [-0.05, 0) is 48.4 Å². The first-order valence-corrected chi connectivity index (χ1v) is 9.84. The van der Waals surface area contributed by atoms with E-state index in [1.807, 2.05) is 31.3 Å². The average molecular weight is 409 g/mol. The fourth-order valence-corrected chi connectivity index (χ4v) is 3.71. The van der Waals surface area contributed by atoms with E-state index >= 15 is 0 Å². The molecule has 2 aliphatic rings. The molecule has 5 rings (SSSR count). The van der Waals surface area contributed by atoms with Crippen molar-refractivity contribution in [2.75, 3.05) is 0 Å². The molecule has 1 unspecified atom stereocenters. The zero-order chi connectivity index (χ0) is 21.4. The predicted molar refractivity (Wildman–Crippen MR) is 118 cm³/mol. The summed E-state index contributed by atoms with van der Waals surface area (Å²) in [5.74, 6) is -1.04. The van der Waals surface area contributed by atoms with E-state index < -0.39 is 5.97 Å². The van der Waals surface area contributed by atoms with E-state index in [-0.39, 0.29) is 11.7 Å². The van der Waals surface area contributed by atoms with Crippen LogP contribution < -0.4 is 5.32 Å². The first kappa shape index (κ1) is 18.7. The summed E-state index contributed by atoms with van der Waals surface area (Å²) in [5, 5.41) is 12.4. The zero-order valence-electron chi connectivity index (χ0n) is 16.7. The van der Waals surface area contributed by atoms with Gasteiger partial charge in [-0.25, -0.2) is 14.8 Å². The lowest BCUT2D eigenvalue weighted by Gasteiger charge is -2.25. The molecule has 0 saturated heterocycles. The fraction of sp³-hybridized carbons (Fsp3) is 0.0833. The highest BCUT2D eigenvalue weighted by Gasteiger charge is 2.21. The quantitative estimate of drug-likeness (QED) is 0.606. The van der Waals surface area contributed by atoms with Crippen molar-refractivity contribution in [1.29, 1.82) is 0 Å². The van der Waals surface area contributed by atoms with Gasteiger partial charge >= 0.3 is 5.97 Å². The molecular formula is C24H19N5O2. The standard InChI is InChI=1S/C24H19N5O2/c1-14-3-2-4-20(29-14)23-22(27-13-28-23)15-5-7-19-17(9-15)10-18(12-25-19)16-6-8-21(24(30)31)26-11-16/h2-13,19,25H,1H3,(H,27,28)(H,30,31). The summed E-state index contributed by atoms with van der Waals surface area (Å²) < 4.78 is 0. The van der Waals surface area contributed by atoms with Crippen LogP contribution in [0.1, 0.15) is 27.4 Å². The van der Waals surface area contributed by atoms with E-state index in [0.29, 0.717) is 0 Å². The number of hydrogen-bond donors (Lipinski definition) is 3. The molecule has 0 amide bonds. The SMILES string of the molecule is Cc1cccc(-c2[nH]cnc2C2=CC3=CC(c4ccc(C(=O)O)nc4)=CNC3C=C2)n1. The first-order chi connectivity index (χ1) is 15.1. The van der Waals surface area contributed by atoms with Gasteiger partial charge in [-0.1, -0.05) is 24.3 Å². The maximum Gasteiger partial charge on any atom is 0.354 e. The van der Waals surface area contributed by atoms with Crippen LogP contribution in [-0.4, -0.2) is 37.1 Å². The lowest BCUT2D eigenvalue weighted by molar-refractivity contribution is 0.0690. The number of pyridine rings is 2. The molecule has 0 aromatic carbocycles. The van der Waals surface area contributed by atoms with Crippen LogP contribution in [0.5, 0.6) is 0 Å². The van der Waals surface area contributed by atoms with Crippen molar-refractivity contribution in [1.82, 2.24) is 25.3 Å². The van der Waals surface area contributed by atoms with Crippen molar-refractivity contribution in [2.45, 2.75) is 13.0 Å². The number of nitrogens with one attached hydrogen (secondary N) is 2. The summed E-state index contributed by atoms with van der Waals surface area (Å²) in [5.41, 5.74) is 7.41. The number of aromatic amines is 1. The molecule has 1 aliphatic carbocycles. The van der Waals surface area contributed by atoms with Crippen LogP contribution in [0.4, 0.5) is 0 Å². The molecule has 0 radical (unpaired) electrons. The van der Waals surface area contributed by atoms with E-state index in [0.717, 1.165) is 45.1 Å². The van der Waals surface area contributed by atoms with Crippen LogP contribution in [0.25, 0.3) is 22.5 Å². The molecular weight excluding hydrogens is 390 g/mol. The van der Waals surface area contributed by atoms with Crippen molar-refractivity contribution < 1.29 is 9.90 Å². The third kappa shape index (κ3) is 3.57. The van der Waals surface area contributed by atoms with Gasteiger partial charge in [-0.15, -0.1) is 0 Å². The molecule has 4 heterocycles. The highest BCUT2D eigenvalue weighted by atomic mass is 16.4. The van der Waals surface area contributed by atoms with Crippen LogP contribution in [0.15, 0.2) is 78.9 Å². The molecule has 3 N–H and O–H groups in total. The van der Waals surface area contributed by atoms with Gasteiger partial charge in [0.15, 0.2) is 0 Å². The molecule has 7 heteroatoms. The molecule has 0 spiro atoms. The number of nitrogens with zero attached hydrogens (tertiary/aromatic N) is 3. The van der Waals surface area contributed by atoms with Crippen LogP contribution in [-0.2, 0) is 0 Å². The van der Waals surface area contributed by atoms with Crippen molar-refractivity contribution in [3.63, 3.8) is 0 Å². The number of aromatic nitrogens is 4. The lowest BCUT2D eigenvalue weighted by Crippen LogP contribution is -2.28. The Bertz CT molecular complexity index is 1300. The fourth-order valence-electron chi connectivity index (χ4n) is 3.71. The maximum atomic E-state index is 11.0. The molecule has 1 aliphatic heterocycles. The number of dihydropyridines is 1. The number of H-pyrrole nitrogens is 1. The molecule has 3 aromatic heterocycles. The second-order valence-corrected chi connectivity index (χ2v) is 7.37. The number of aromatic carboxylic acids is 1. The van der Waals surface area contributed by atoms with Crippen molar-refractivity contribution in [2.24, 2.45) is 0 Å². The van der Waals surface area contributed by atoms with Gasteiger partial charge in [0.05, 0.1) is 29.5 Å². The lowest BCUT2D eigenvalue weighted by atomic mass is 9.90. The minimum absolute atomic E-state index is 0.0252. The number of hydrogen-bond acceptors (Lipinski definition) is 5. The second kappa shape index (κ2) is 7.53. The largest absolute Gasteiger partial charge is 0.477 e. The molecule has 0 saturated carbocycles. The molecule has 152 valence electrons. The predicted octanol–water partition coefficient (Wildman–Crippen LogP) is 3.77. The Morgan fingerprint density at radius 3 is 2.77 bits per heavy atom. The molecule has 1 atom stereocenters. The third-order valence-electron chi connectivity index (χ3n) is 5.26. The minimum Gasteiger partial charge on any atom is -0.477 e. The monoisotopic (exact) mass is 409 g/mol. The van der Waals surface area contributed by atoms with E-state index in [4.69, 9.17) is 5.11 Å². The number of carbonyl (C=O) groups is 1. The number of rotatable bonds is 4. The number of carboxylic acid groups (broad SMARTS) is 1. The maximum absolute atomic E-state index is 11.0. The first-order valence-electron chi connectivity index (χ1n) is 9.84. The molecule has 31 heavy (non-hydrogen) atoms. The summed E-state index contributed by atoms with van der Waals surface area (Å²) >= 11 is 0. The number of fused-ring (bicyclic) bond motifs is 1. The third-order valence-corrected chi connectivity index (χ3v) is 5.26. The summed E-state index contributed by atoms with van der Waals surface area (Å²) in [6.45, 7) is 1.97. The normalized spacial score (nSPS) is 17.2. The Morgan fingerprint density at radius 1 is 1.10 bits per heavy atom.